The Morgan fingerprint density at radius 3 is 1.96 bits per heavy atom. The summed E-state index contributed by atoms with van der Waals surface area (Å²) >= 11 is 0. The third kappa shape index (κ3) is 4.17. The number of rotatable bonds is 4. The Bertz CT molecular complexity index is 3110. The van der Waals surface area contributed by atoms with Crippen molar-refractivity contribution in [1.82, 2.24) is 9.55 Å². The maximum Gasteiger partial charge on any atom is 0.227 e. The summed E-state index contributed by atoms with van der Waals surface area (Å²) in [5.41, 5.74) is 12.2. The van der Waals surface area contributed by atoms with Gasteiger partial charge >= 0.3 is 0 Å². The highest BCUT2D eigenvalue weighted by Crippen LogP contribution is 2.44. The molecule has 11 rings (SSSR count). The van der Waals surface area contributed by atoms with Crippen LogP contribution in [-0.4, -0.2) is 9.55 Å². The summed E-state index contributed by atoms with van der Waals surface area (Å²) in [4.78, 5) is 5.08. The van der Waals surface area contributed by atoms with Crippen LogP contribution >= 0.6 is 0 Å². The first kappa shape index (κ1) is 28.0. The van der Waals surface area contributed by atoms with Gasteiger partial charge in [-0.2, -0.15) is 0 Å². The van der Waals surface area contributed by atoms with Gasteiger partial charge in [-0.15, -0.1) is 0 Å². The van der Waals surface area contributed by atoms with Crippen LogP contribution in [0.15, 0.2) is 179 Å². The van der Waals surface area contributed by atoms with Gasteiger partial charge in [-0.3, -0.25) is 0 Å². The molecule has 0 fully saturated rings. The molecular formula is C47H28N2O2. The van der Waals surface area contributed by atoms with Crippen molar-refractivity contribution in [3.05, 3.63) is 170 Å². The lowest BCUT2D eigenvalue weighted by molar-refractivity contribution is 0.619. The monoisotopic (exact) mass is 652 g/mol. The van der Waals surface area contributed by atoms with Crippen LogP contribution in [0.4, 0.5) is 0 Å². The van der Waals surface area contributed by atoms with Crippen molar-refractivity contribution < 1.29 is 8.83 Å². The third-order valence-corrected chi connectivity index (χ3v) is 10.2. The minimum Gasteiger partial charge on any atom is -0.455 e. The molecular weight excluding hydrogens is 625 g/mol. The summed E-state index contributed by atoms with van der Waals surface area (Å²) in [5.74, 6) is 0.585. The molecule has 0 aliphatic heterocycles. The zero-order valence-electron chi connectivity index (χ0n) is 27.4. The summed E-state index contributed by atoms with van der Waals surface area (Å²) < 4.78 is 15.3. The number of furan rings is 1. The first-order valence-electron chi connectivity index (χ1n) is 17.2. The van der Waals surface area contributed by atoms with Crippen molar-refractivity contribution in [3.8, 4) is 39.4 Å². The van der Waals surface area contributed by atoms with E-state index in [0.29, 0.717) is 5.89 Å². The molecule has 0 N–H and O–H groups in total. The lowest BCUT2D eigenvalue weighted by Crippen LogP contribution is -1.94. The molecule has 0 aliphatic rings. The number of fused-ring (bicyclic) bond motifs is 10. The second-order valence-corrected chi connectivity index (χ2v) is 13.1. The molecule has 0 bridgehead atoms. The van der Waals surface area contributed by atoms with E-state index in [1.165, 1.54) is 38.1 Å². The fourth-order valence-corrected chi connectivity index (χ4v) is 7.94. The largest absolute Gasteiger partial charge is 0.455 e. The van der Waals surface area contributed by atoms with Crippen molar-refractivity contribution in [2.45, 2.75) is 0 Å². The number of hydrogen-bond donors (Lipinski definition) is 0. The zero-order chi connectivity index (χ0) is 33.5. The van der Waals surface area contributed by atoms with Gasteiger partial charge in [0.05, 0.1) is 16.4 Å². The molecule has 0 aliphatic carbocycles. The predicted molar refractivity (Wildman–Crippen MR) is 209 cm³/mol. The van der Waals surface area contributed by atoms with Crippen LogP contribution in [-0.2, 0) is 0 Å². The number of hydrogen-bond acceptors (Lipinski definition) is 3. The molecule has 11 aromatic rings. The minimum atomic E-state index is 0.585. The second kappa shape index (κ2) is 10.8. The molecule has 3 aromatic heterocycles. The Kier molecular flexibility index (Phi) is 5.92. The maximum absolute atomic E-state index is 6.47. The Morgan fingerprint density at radius 2 is 1.12 bits per heavy atom. The lowest BCUT2D eigenvalue weighted by atomic mass is 9.94. The van der Waals surface area contributed by atoms with Gasteiger partial charge in [0.15, 0.2) is 5.58 Å². The van der Waals surface area contributed by atoms with Gasteiger partial charge in [-0.05, 0) is 70.6 Å². The molecule has 0 radical (unpaired) electrons. The lowest BCUT2D eigenvalue weighted by Gasteiger charge is -2.12. The molecule has 238 valence electrons. The molecule has 51 heavy (non-hydrogen) atoms. The number of oxazole rings is 1. The summed E-state index contributed by atoms with van der Waals surface area (Å²) in [5, 5.41) is 6.91. The van der Waals surface area contributed by atoms with E-state index in [-0.39, 0.29) is 0 Å². The smallest absolute Gasteiger partial charge is 0.227 e. The minimum absolute atomic E-state index is 0.585. The summed E-state index contributed by atoms with van der Waals surface area (Å²) in [6.07, 6.45) is 0. The summed E-state index contributed by atoms with van der Waals surface area (Å²) in [6.45, 7) is 0. The molecule has 3 heterocycles. The van der Waals surface area contributed by atoms with E-state index in [4.69, 9.17) is 13.8 Å². The number of nitrogens with zero attached hydrogens (tertiary/aromatic N) is 2. The van der Waals surface area contributed by atoms with Crippen molar-refractivity contribution >= 4 is 65.6 Å². The molecule has 0 amide bonds. The SMILES string of the molecule is c1ccc(-c2cccc3c2oc2ccc4oc(-c5ccc(-c6cc7ccccc7c7c6c6ccccc6n7-c6ccccc6)cc5)nc4c23)cc1. The Labute approximate surface area is 292 Å². The molecule has 4 heteroatoms. The van der Waals surface area contributed by atoms with Gasteiger partial charge in [0, 0.05) is 38.4 Å². The summed E-state index contributed by atoms with van der Waals surface area (Å²) in [7, 11) is 0. The number of aromatic nitrogens is 2. The van der Waals surface area contributed by atoms with Gasteiger partial charge in [-0.1, -0.05) is 121 Å². The first-order valence-corrected chi connectivity index (χ1v) is 17.2. The Hall–Kier alpha value is -6.91. The maximum atomic E-state index is 6.47. The van der Waals surface area contributed by atoms with E-state index >= 15 is 0 Å². The van der Waals surface area contributed by atoms with Crippen LogP contribution in [0.1, 0.15) is 0 Å². The van der Waals surface area contributed by atoms with Crippen LogP contribution in [0.3, 0.4) is 0 Å². The van der Waals surface area contributed by atoms with Gasteiger partial charge in [0.25, 0.3) is 0 Å². The van der Waals surface area contributed by atoms with E-state index in [0.717, 1.165) is 61.0 Å². The highest BCUT2D eigenvalue weighted by atomic mass is 16.4. The van der Waals surface area contributed by atoms with Crippen molar-refractivity contribution in [2.24, 2.45) is 0 Å². The normalized spacial score (nSPS) is 11.9. The van der Waals surface area contributed by atoms with E-state index in [1.54, 1.807) is 0 Å². The molecule has 0 saturated carbocycles. The molecule has 0 spiro atoms. The Balaban J connectivity index is 1.08. The van der Waals surface area contributed by atoms with Crippen LogP contribution in [0, 0.1) is 0 Å². The molecule has 0 atom stereocenters. The molecule has 8 aromatic carbocycles. The summed E-state index contributed by atoms with van der Waals surface area (Å²) in [6, 6.07) is 59.6. The molecule has 4 nitrogen and oxygen atoms in total. The van der Waals surface area contributed by atoms with Gasteiger partial charge in [0.1, 0.15) is 16.7 Å². The van der Waals surface area contributed by atoms with Gasteiger partial charge in [0.2, 0.25) is 5.89 Å². The first-order chi connectivity index (χ1) is 25.3. The van der Waals surface area contributed by atoms with Crippen LogP contribution in [0.2, 0.25) is 0 Å². The number of benzene rings is 8. The number of para-hydroxylation sites is 3. The average Bonchev–Trinajstić information content (AvgIpc) is 3.90. The average molecular weight is 653 g/mol. The second-order valence-electron chi connectivity index (χ2n) is 13.1. The quantitative estimate of drug-likeness (QED) is 0.190. The topological polar surface area (TPSA) is 44.1 Å². The van der Waals surface area contributed by atoms with E-state index in [2.05, 4.69) is 156 Å². The molecule has 0 saturated heterocycles. The van der Waals surface area contributed by atoms with Crippen LogP contribution in [0.25, 0.3) is 105 Å². The van der Waals surface area contributed by atoms with Crippen LogP contribution in [0.5, 0.6) is 0 Å². The third-order valence-electron chi connectivity index (χ3n) is 10.2. The standard InChI is InChI=1S/C47H28N2O2/c1-3-12-29(13-4-1)35-19-11-20-37-43-40(50-46(35)37)26-27-41-44(43)48-47(51-41)31-24-22-30(23-25-31)38-28-32-14-7-8-17-34(32)45-42(38)36-18-9-10-21-39(36)49(45)33-15-5-2-6-16-33/h1-28H. The zero-order valence-corrected chi connectivity index (χ0v) is 27.4. The van der Waals surface area contributed by atoms with Crippen molar-refractivity contribution in [1.29, 1.82) is 0 Å². The van der Waals surface area contributed by atoms with E-state index in [1.807, 2.05) is 18.2 Å². The fraction of sp³-hybridized carbons (Fsp3) is 0. The van der Waals surface area contributed by atoms with Crippen LogP contribution < -0.4 is 0 Å². The predicted octanol–water partition coefficient (Wildman–Crippen LogP) is 13.0. The van der Waals surface area contributed by atoms with E-state index < -0.39 is 0 Å². The van der Waals surface area contributed by atoms with Crippen molar-refractivity contribution in [2.75, 3.05) is 0 Å². The highest BCUT2D eigenvalue weighted by Gasteiger charge is 2.21. The Morgan fingerprint density at radius 1 is 0.451 bits per heavy atom. The highest BCUT2D eigenvalue weighted by molar-refractivity contribution is 6.24. The van der Waals surface area contributed by atoms with E-state index in [9.17, 15) is 0 Å². The van der Waals surface area contributed by atoms with Crippen molar-refractivity contribution in [3.63, 3.8) is 0 Å². The van der Waals surface area contributed by atoms with Gasteiger partial charge in [-0.25, -0.2) is 4.98 Å². The molecule has 0 unspecified atom stereocenters. The fourth-order valence-electron chi connectivity index (χ4n) is 7.94. The van der Waals surface area contributed by atoms with Gasteiger partial charge < -0.3 is 13.4 Å².